The number of carboxylic acid groups (broad SMARTS) is 2. The van der Waals surface area contributed by atoms with Crippen molar-refractivity contribution in [2.45, 2.75) is 37.2 Å². The van der Waals surface area contributed by atoms with Crippen molar-refractivity contribution in [3.63, 3.8) is 0 Å². The lowest BCUT2D eigenvalue weighted by Crippen LogP contribution is -2.14. The van der Waals surface area contributed by atoms with Crippen LogP contribution in [0.5, 0.6) is 0 Å². The molecule has 0 saturated heterocycles. The van der Waals surface area contributed by atoms with Crippen LogP contribution >= 0.6 is 23.5 Å². The summed E-state index contributed by atoms with van der Waals surface area (Å²) in [6.45, 7) is 0. The van der Waals surface area contributed by atoms with E-state index >= 15 is 0 Å². The van der Waals surface area contributed by atoms with Gasteiger partial charge in [-0.2, -0.15) is 23.5 Å². The molecule has 3 aromatic rings. The van der Waals surface area contributed by atoms with Crippen molar-refractivity contribution in [3.8, 4) is 0 Å². The van der Waals surface area contributed by atoms with Gasteiger partial charge in [-0.25, -0.2) is 9.59 Å². The van der Waals surface area contributed by atoms with Crippen LogP contribution in [-0.4, -0.2) is 33.7 Å². The van der Waals surface area contributed by atoms with E-state index in [1.807, 2.05) is 66.0 Å². The first kappa shape index (κ1) is 25.9. The maximum atomic E-state index is 12.0. The van der Waals surface area contributed by atoms with Gasteiger partial charge >= 0.3 is 11.9 Å². The van der Waals surface area contributed by atoms with Gasteiger partial charge in [-0.1, -0.05) is 66.7 Å². The molecule has 6 heteroatoms. The largest absolute Gasteiger partial charge is 0.478 e. The predicted octanol–water partition coefficient (Wildman–Crippen LogP) is 6.82. The molecule has 0 radical (unpaired) electrons. The van der Waals surface area contributed by atoms with Gasteiger partial charge < -0.3 is 10.2 Å². The highest BCUT2D eigenvalue weighted by Crippen LogP contribution is 2.25. The zero-order chi connectivity index (χ0) is 24.2. The van der Waals surface area contributed by atoms with Crippen LogP contribution in [0.1, 0.15) is 55.8 Å². The topological polar surface area (TPSA) is 74.6 Å². The number of hydrogen-bond acceptors (Lipinski definition) is 4. The van der Waals surface area contributed by atoms with Crippen molar-refractivity contribution < 1.29 is 19.8 Å². The summed E-state index contributed by atoms with van der Waals surface area (Å²) in [7, 11) is 0. The maximum absolute atomic E-state index is 12.0. The zero-order valence-corrected chi connectivity index (χ0v) is 20.7. The summed E-state index contributed by atoms with van der Waals surface area (Å²) in [5, 5.41) is 19.4. The van der Waals surface area contributed by atoms with Gasteiger partial charge in [0.05, 0.1) is 11.1 Å². The fourth-order valence-corrected chi connectivity index (χ4v) is 5.72. The van der Waals surface area contributed by atoms with Crippen LogP contribution in [-0.2, 0) is 24.3 Å². The summed E-state index contributed by atoms with van der Waals surface area (Å²) >= 11 is 3.67. The highest BCUT2D eigenvalue weighted by molar-refractivity contribution is 7.98. The van der Waals surface area contributed by atoms with Crippen LogP contribution in [0.15, 0.2) is 72.8 Å². The minimum Gasteiger partial charge on any atom is -0.478 e. The second-order valence-corrected chi connectivity index (χ2v) is 10.2. The molecule has 0 saturated carbocycles. The first-order valence-corrected chi connectivity index (χ1v) is 13.7. The van der Waals surface area contributed by atoms with Crippen molar-refractivity contribution in [2.24, 2.45) is 0 Å². The molecule has 0 atom stereocenters. The fourth-order valence-electron chi connectivity index (χ4n) is 3.88. The number of aryl methyl sites for hydroxylation is 1. The minimum absolute atomic E-state index is 0.0463. The maximum Gasteiger partial charge on any atom is 0.336 e. The van der Waals surface area contributed by atoms with E-state index in [2.05, 4.69) is 24.3 Å². The van der Waals surface area contributed by atoms with Crippen LogP contribution < -0.4 is 0 Å². The van der Waals surface area contributed by atoms with Gasteiger partial charge in [-0.3, -0.25) is 0 Å². The van der Waals surface area contributed by atoms with Gasteiger partial charge in [-0.15, -0.1) is 0 Å². The number of carboxylic acids is 2. The van der Waals surface area contributed by atoms with Crippen molar-refractivity contribution in [3.05, 3.63) is 106 Å². The Hall–Kier alpha value is -2.70. The van der Waals surface area contributed by atoms with Crippen LogP contribution in [0.25, 0.3) is 0 Å². The second-order valence-electron chi connectivity index (χ2n) is 8.02. The molecule has 0 unspecified atom stereocenters. The van der Waals surface area contributed by atoms with Gasteiger partial charge in [-0.05, 0) is 65.5 Å². The molecule has 2 N–H and O–H groups in total. The van der Waals surface area contributed by atoms with E-state index in [9.17, 15) is 19.8 Å². The predicted molar refractivity (Wildman–Crippen MR) is 142 cm³/mol. The quantitative estimate of drug-likeness (QED) is 0.240. The van der Waals surface area contributed by atoms with E-state index in [4.69, 9.17) is 0 Å². The van der Waals surface area contributed by atoms with E-state index in [1.165, 1.54) is 17.2 Å². The summed E-state index contributed by atoms with van der Waals surface area (Å²) in [4.78, 5) is 23.7. The van der Waals surface area contributed by atoms with Crippen molar-refractivity contribution in [1.82, 2.24) is 0 Å². The summed E-state index contributed by atoms with van der Waals surface area (Å²) in [5.41, 5.74) is 4.02. The molecule has 3 aromatic carbocycles. The average Bonchev–Trinajstić information content (AvgIpc) is 2.84. The molecule has 0 aliphatic heterocycles. The highest BCUT2D eigenvalue weighted by atomic mass is 32.2. The lowest BCUT2D eigenvalue weighted by atomic mass is 9.91. The lowest BCUT2D eigenvalue weighted by Gasteiger charge is -2.15. The Bertz CT molecular complexity index is 1070. The highest BCUT2D eigenvalue weighted by Gasteiger charge is 2.22. The van der Waals surface area contributed by atoms with E-state index in [-0.39, 0.29) is 11.1 Å². The summed E-state index contributed by atoms with van der Waals surface area (Å²) in [6, 6.07) is 23.8. The van der Waals surface area contributed by atoms with Crippen molar-refractivity contribution >= 4 is 35.5 Å². The molecule has 3 rings (SSSR count). The molecule has 0 fully saturated rings. The van der Waals surface area contributed by atoms with Crippen LogP contribution in [0.3, 0.4) is 0 Å². The third-order valence-electron chi connectivity index (χ3n) is 5.53. The molecule has 0 aromatic heterocycles. The molecule has 34 heavy (non-hydrogen) atoms. The Morgan fingerprint density at radius 2 is 1.18 bits per heavy atom. The summed E-state index contributed by atoms with van der Waals surface area (Å²) < 4.78 is 0. The third kappa shape index (κ3) is 7.96. The summed E-state index contributed by atoms with van der Waals surface area (Å²) in [5.74, 6) is 1.35. The molecular formula is C28H30O4S2. The number of carbonyl (C=O) groups is 2. The van der Waals surface area contributed by atoms with Gasteiger partial charge in [0.15, 0.2) is 0 Å². The molecule has 0 aliphatic rings. The van der Waals surface area contributed by atoms with E-state index in [0.29, 0.717) is 12.0 Å². The number of hydrogen-bond donors (Lipinski definition) is 2. The molecule has 0 heterocycles. The molecule has 178 valence electrons. The van der Waals surface area contributed by atoms with Crippen LogP contribution in [0, 0.1) is 0 Å². The summed E-state index contributed by atoms with van der Waals surface area (Å²) in [6.07, 6.45) is 3.03. The standard InChI is InChI=1S/C28H30O4S2/c29-27(30)25-16-15-23(13-7-17-33-19-21-9-3-1-4-10-21)24(26(25)28(31)32)14-8-18-34-20-22-11-5-2-6-12-22/h1-6,9-12,15-16H,7-8,13-14,17-20H2,(H,29,30)(H,31,32). The molecule has 0 spiro atoms. The number of thioether (sulfide) groups is 2. The Kier molecular flexibility index (Phi) is 10.6. The number of rotatable bonds is 14. The molecule has 4 nitrogen and oxygen atoms in total. The number of benzene rings is 3. The second kappa shape index (κ2) is 13.9. The monoisotopic (exact) mass is 494 g/mol. The first-order valence-electron chi connectivity index (χ1n) is 11.4. The molecule has 0 aliphatic carbocycles. The minimum atomic E-state index is -1.19. The number of aromatic carboxylic acids is 2. The molecular weight excluding hydrogens is 464 g/mol. The lowest BCUT2D eigenvalue weighted by molar-refractivity contribution is 0.0650. The molecule has 0 bridgehead atoms. The zero-order valence-electron chi connectivity index (χ0n) is 19.1. The Morgan fingerprint density at radius 1 is 0.647 bits per heavy atom. The fraction of sp³-hybridized carbons (Fsp3) is 0.286. The van der Waals surface area contributed by atoms with Gasteiger partial charge in [0.25, 0.3) is 0 Å². The Morgan fingerprint density at radius 3 is 1.68 bits per heavy atom. The van der Waals surface area contributed by atoms with Gasteiger partial charge in [0.1, 0.15) is 0 Å². The first-order chi connectivity index (χ1) is 16.6. The van der Waals surface area contributed by atoms with Gasteiger partial charge in [0, 0.05) is 11.5 Å². The van der Waals surface area contributed by atoms with Crippen LogP contribution in [0.2, 0.25) is 0 Å². The Labute approximate surface area is 209 Å². The smallest absolute Gasteiger partial charge is 0.336 e. The van der Waals surface area contributed by atoms with Crippen LogP contribution in [0.4, 0.5) is 0 Å². The normalized spacial score (nSPS) is 10.8. The third-order valence-corrected chi connectivity index (χ3v) is 7.76. The van der Waals surface area contributed by atoms with E-state index < -0.39 is 11.9 Å². The van der Waals surface area contributed by atoms with Crippen molar-refractivity contribution in [2.75, 3.05) is 11.5 Å². The SMILES string of the molecule is O=C(O)c1ccc(CCCSCc2ccccc2)c(CCCSCc2ccccc2)c1C(=O)O. The van der Waals surface area contributed by atoms with Gasteiger partial charge in [0.2, 0.25) is 0 Å². The molecule has 0 amide bonds. The average molecular weight is 495 g/mol. The van der Waals surface area contributed by atoms with E-state index in [0.717, 1.165) is 47.8 Å². The van der Waals surface area contributed by atoms with E-state index in [1.54, 1.807) is 0 Å². The Balaban J connectivity index is 1.61. The van der Waals surface area contributed by atoms with Crippen molar-refractivity contribution in [1.29, 1.82) is 0 Å².